The van der Waals surface area contributed by atoms with Gasteiger partial charge in [-0.15, -0.1) is 0 Å². The van der Waals surface area contributed by atoms with E-state index in [2.05, 4.69) is 0 Å². The fraction of sp³-hybridized carbons (Fsp3) is 0.462. The Morgan fingerprint density at radius 1 is 1.38 bits per heavy atom. The number of benzene rings is 1. The molecule has 1 fully saturated rings. The van der Waals surface area contributed by atoms with Crippen LogP contribution in [0.1, 0.15) is 12.8 Å². The summed E-state index contributed by atoms with van der Waals surface area (Å²) in [5.74, 6) is 0. The van der Waals surface area contributed by atoms with Crippen molar-refractivity contribution >= 4 is 50.6 Å². The quantitative estimate of drug-likeness (QED) is 0.831. The number of thiocarbonyl (C=S) groups is 1. The largest absolute Gasteiger partial charge is 0.392 e. The summed E-state index contributed by atoms with van der Waals surface area (Å²) in [7, 11) is -3.57. The summed E-state index contributed by atoms with van der Waals surface area (Å²) < 4.78 is 26.5. The van der Waals surface area contributed by atoms with Gasteiger partial charge in [0.2, 0.25) is 10.0 Å². The molecule has 2 rings (SSSR count). The molecule has 0 saturated carbocycles. The van der Waals surface area contributed by atoms with Gasteiger partial charge < -0.3 is 5.73 Å². The Morgan fingerprint density at radius 2 is 1.95 bits per heavy atom. The van der Waals surface area contributed by atoms with Crippen molar-refractivity contribution in [2.24, 2.45) is 5.73 Å². The van der Waals surface area contributed by atoms with Gasteiger partial charge in [0.15, 0.2) is 0 Å². The van der Waals surface area contributed by atoms with Gasteiger partial charge in [-0.1, -0.05) is 36.0 Å². The van der Waals surface area contributed by atoms with Gasteiger partial charge in [0.05, 0.1) is 14.8 Å². The van der Waals surface area contributed by atoms with E-state index < -0.39 is 10.0 Å². The topological polar surface area (TPSA) is 63.4 Å². The fourth-order valence-corrected chi connectivity index (χ4v) is 5.61. The highest BCUT2D eigenvalue weighted by Crippen LogP contribution is 2.37. The summed E-state index contributed by atoms with van der Waals surface area (Å²) in [6.07, 6.45) is 3.19. The molecule has 0 unspecified atom stereocenters. The Bertz CT molecular complexity index is 641. The lowest BCUT2D eigenvalue weighted by molar-refractivity contribution is 0.333. The van der Waals surface area contributed by atoms with Gasteiger partial charge in [-0.25, -0.2) is 8.42 Å². The number of sulfonamides is 1. The summed E-state index contributed by atoms with van der Waals surface area (Å²) in [4.78, 5) is 0.600. The molecule has 21 heavy (non-hydrogen) atoms. The molecule has 0 amide bonds. The molecule has 0 aromatic heterocycles. The highest BCUT2D eigenvalue weighted by molar-refractivity contribution is 8.02. The molecule has 2 N–H and O–H groups in total. The van der Waals surface area contributed by atoms with E-state index in [0.717, 1.165) is 0 Å². The molecule has 0 radical (unpaired) electrons. The van der Waals surface area contributed by atoms with Gasteiger partial charge in [-0.2, -0.15) is 16.1 Å². The Balaban J connectivity index is 2.23. The van der Waals surface area contributed by atoms with Gasteiger partial charge in [0.25, 0.3) is 0 Å². The van der Waals surface area contributed by atoms with Crippen LogP contribution < -0.4 is 5.73 Å². The number of thioether (sulfide) groups is 1. The number of hydrogen-bond donors (Lipinski definition) is 1. The summed E-state index contributed by atoms with van der Waals surface area (Å²) in [5.41, 5.74) is 5.82. The number of nitrogens with zero attached hydrogens (tertiary/aromatic N) is 1. The van der Waals surface area contributed by atoms with Crippen LogP contribution in [0, 0.1) is 0 Å². The van der Waals surface area contributed by atoms with Crippen molar-refractivity contribution in [2.45, 2.75) is 22.5 Å². The first-order valence-electron chi connectivity index (χ1n) is 6.43. The molecule has 0 atom stereocenters. The van der Waals surface area contributed by atoms with Crippen LogP contribution in [0.4, 0.5) is 0 Å². The summed E-state index contributed by atoms with van der Waals surface area (Å²) >= 11 is 12.8. The monoisotopic (exact) mass is 364 g/mol. The van der Waals surface area contributed by atoms with Crippen molar-refractivity contribution in [1.29, 1.82) is 0 Å². The van der Waals surface area contributed by atoms with E-state index in [1.54, 1.807) is 30.0 Å². The van der Waals surface area contributed by atoms with Crippen LogP contribution in [0.5, 0.6) is 0 Å². The van der Waals surface area contributed by atoms with Gasteiger partial charge in [-0.3, -0.25) is 0 Å². The van der Waals surface area contributed by atoms with Crippen molar-refractivity contribution in [2.75, 3.05) is 19.3 Å². The molecule has 8 heteroatoms. The SMILES string of the molecule is CSC1(C(N)=S)CCN(S(=O)(=O)c2ccccc2Cl)CC1. The zero-order valence-electron chi connectivity index (χ0n) is 11.6. The van der Waals surface area contributed by atoms with Gasteiger partial charge in [-0.05, 0) is 31.2 Å². The van der Waals surface area contributed by atoms with Crippen molar-refractivity contribution in [3.05, 3.63) is 29.3 Å². The third-order valence-corrected chi connectivity index (χ3v) is 8.15. The molecule has 1 saturated heterocycles. The lowest BCUT2D eigenvalue weighted by atomic mass is 9.97. The maximum atomic E-state index is 12.6. The Labute approximate surface area is 140 Å². The Morgan fingerprint density at radius 3 is 2.43 bits per heavy atom. The van der Waals surface area contributed by atoms with Crippen molar-refractivity contribution in [3.63, 3.8) is 0 Å². The molecule has 1 aliphatic rings. The molecule has 4 nitrogen and oxygen atoms in total. The molecule has 0 spiro atoms. The smallest absolute Gasteiger partial charge is 0.244 e. The first kappa shape index (κ1) is 17.0. The van der Waals surface area contributed by atoms with Crippen LogP contribution in [-0.2, 0) is 10.0 Å². The normalized spacial score (nSPS) is 19.3. The molecule has 0 bridgehead atoms. The molecular weight excluding hydrogens is 348 g/mol. The Hall–Kier alpha value is -0.340. The lowest BCUT2D eigenvalue weighted by Gasteiger charge is -2.39. The van der Waals surface area contributed by atoms with E-state index in [1.165, 1.54) is 10.4 Å². The molecule has 1 heterocycles. The van der Waals surface area contributed by atoms with E-state index in [1.807, 2.05) is 6.26 Å². The predicted molar refractivity (Wildman–Crippen MR) is 92.5 cm³/mol. The average molecular weight is 365 g/mol. The molecule has 1 aromatic rings. The Kier molecular flexibility index (Phi) is 5.20. The minimum Gasteiger partial charge on any atom is -0.392 e. The van der Waals surface area contributed by atoms with Gasteiger partial charge >= 0.3 is 0 Å². The minimum absolute atomic E-state index is 0.152. The third kappa shape index (κ3) is 3.22. The van der Waals surface area contributed by atoms with E-state index in [-0.39, 0.29) is 14.7 Å². The third-order valence-electron chi connectivity index (χ3n) is 3.82. The highest BCUT2D eigenvalue weighted by atomic mass is 35.5. The van der Waals surface area contributed by atoms with Crippen LogP contribution in [0.2, 0.25) is 5.02 Å². The van der Waals surface area contributed by atoms with Crippen LogP contribution in [0.15, 0.2) is 29.2 Å². The van der Waals surface area contributed by atoms with Crippen LogP contribution in [0.25, 0.3) is 0 Å². The molecule has 116 valence electrons. The summed E-state index contributed by atoms with van der Waals surface area (Å²) in [6, 6.07) is 6.49. The maximum absolute atomic E-state index is 12.6. The summed E-state index contributed by atoms with van der Waals surface area (Å²) in [5, 5.41) is 0.244. The molecule has 0 aliphatic carbocycles. The van der Waals surface area contributed by atoms with Crippen molar-refractivity contribution in [1.82, 2.24) is 4.31 Å². The number of piperidine rings is 1. The molecule has 1 aromatic carbocycles. The van der Waals surface area contributed by atoms with Crippen molar-refractivity contribution in [3.8, 4) is 0 Å². The standard InChI is InChI=1S/C13H17ClN2O2S3/c1-20-13(12(15)19)6-8-16(9-7-13)21(17,18)11-5-3-2-4-10(11)14/h2-5H,6-9H2,1H3,(H2,15,19). The van der Waals surface area contributed by atoms with E-state index >= 15 is 0 Å². The predicted octanol–water partition coefficient (Wildman–Crippen LogP) is 2.51. The fourth-order valence-electron chi connectivity index (χ4n) is 2.43. The van der Waals surface area contributed by atoms with E-state index in [4.69, 9.17) is 29.6 Å². The number of halogens is 1. The number of rotatable bonds is 4. The molecular formula is C13H17ClN2O2S3. The molecule has 1 aliphatic heterocycles. The second-order valence-corrected chi connectivity index (χ2v) is 8.84. The van der Waals surface area contributed by atoms with E-state index in [0.29, 0.717) is 30.9 Å². The van der Waals surface area contributed by atoms with Crippen molar-refractivity contribution < 1.29 is 8.42 Å². The van der Waals surface area contributed by atoms with Crippen LogP contribution >= 0.6 is 35.6 Å². The van der Waals surface area contributed by atoms with Gasteiger partial charge in [0.1, 0.15) is 4.90 Å². The highest BCUT2D eigenvalue weighted by Gasteiger charge is 2.40. The lowest BCUT2D eigenvalue weighted by Crippen LogP contribution is -2.50. The number of hydrogen-bond acceptors (Lipinski definition) is 4. The van der Waals surface area contributed by atoms with Crippen LogP contribution in [0.3, 0.4) is 0 Å². The second-order valence-electron chi connectivity index (χ2n) is 4.90. The second kappa shape index (κ2) is 6.42. The average Bonchev–Trinajstić information content (AvgIpc) is 2.47. The zero-order chi connectivity index (χ0) is 15.7. The first-order valence-corrected chi connectivity index (χ1v) is 9.88. The maximum Gasteiger partial charge on any atom is 0.244 e. The summed E-state index contributed by atoms with van der Waals surface area (Å²) in [6.45, 7) is 0.789. The zero-order valence-corrected chi connectivity index (χ0v) is 14.8. The van der Waals surface area contributed by atoms with E-state index in [9.17, 15) is 8.42 Å². The number of nitrogens with two attached hydrogens (primary N) is 1. The van der Waals surface area contributed by atoms with Crippen LogP contribution in [-0.4, -0.2) is 41.8 Å². The minimum atomic E-state index is -3.57. The first-order chi connectivity index (χ1) is 9.83. The van der Waals surface area contributed by atoms with Gasteiger partial charge in [0, 0.05) is 13.1 Å².